The summed E-state index contributed by atoms with van der Waals surface area (Å²) in [5.41, 5.74) is 1.65. The summed E-state index contributed by atoms with van der Waals surface area (Å²) < 4.78 is 5.91. The lowest BCUT2D eigenvalue weighted by molar-refractivity contribution is -0.154. The summed E-state index contributed by atoms with van der Waals surface area (Å²) in [5.74, 6) is -0.271. The van der Waals surface area contributed by atoms with E-state index >= 15 is 0 Å². The van der Waals surface area contributed by atoms with Crippen LogP contribution < -0.4 is 0 Å². The molecule has 1 unspecified atom stereocenters. The quantitative estimate of drug-likeness (QED) is 0.579. The normalized spacial score (nSPS) is 35.2. The number of cyclic esters (lactones) is 1. The van der Waals surface area contributed by atoms with Crippen LogP contribution in [0, 0.1) is 36.0 Å². The molecule has 6 heteroatoms. The molecule has 0 aromatic carbocycles. The predicted molar refractivity (Wildman–Crippen MR) is 136 cm³/mol. The van der Waals surface area contributed by atoms with Crippen LogP contribution in [0.5, 0.6) is 0 Å². The fraction of sp³-hybridized carbons (Fsp3) is 0.690. The monoisotopic (exact) mass is 485 g/mol. The number of hydrogen-bond donors (Lipinski definition) is 2. The molecule has 1 aliphatic carbocycles. The van der Waals surface area contributed by atoms with Crippen molar-refractivity contribution < 1.29 is 24.5 Å². The Hall–Kier alpha value is -2.05. The molecule has 0 bridgehead atoms. The molecule has 3 rings (SSSR count). The zero-order valence-corrected chi connectivity index (χ0v) is 22.2. The molecule has 2 fully saturated rings. The Balaban J connectivity index is 1.82. The summed E-state index contributed by atoms with van der Waals surface area (Å²) in [6, 6.07) is 3.95. The van der Waals surface area contributed by atoms with Crippen molar-refractivity contribution in [2.45, 2.75) is 98.4 Å². The van der Waals surface area contributed by atoms with Gasteiger partial charge in [0.15, 0.2) is 0 Å². The van der Waals surface area contributed by atoms with Crippen molar-refractivity contribution in [3.63, 3.8) is 0 Å². The molecule has 1 saturated heterocycles. The van der Waals surface area contributed by atoms with Crippen LogP contribution in [-0.2, 0) is 14.3 Å². The number of carbonyl (C=O) groups is 2. The number of aromatic nitrogens is 1. The van der Waals surface area contributed by atoms with E-state index in [0.29, 0.717) is 11.8 Å². The SMILES string of the molecule is C/C(=C\c1ccc(C)cn1)C1C[C@@H]2C[C@H]2CCC[C@H](C)[C@H](O)[C@@H](C)C(=O)C(C)(C)[C@@H](O)CC(=O)O1. The predicted octanol–water partition coefficient (Wildman–Crippen LogP) is 4.89. The molecule has 2 aliphatic rings. The number of pyridine rings is 1. The molecular formula is C29H43NO5. The minimum atomic E-state index is -1.20. The second kappa shape index (κ2) is 11.3. The molecule has 35 heavy (non-hydrogen) atoms. The first kappa shape index (κ1) is 27.5. The van der Waals surface area contributed by atoms with Crippen LogP contribution in [0.4, 0.5) is 0 Å². The molecular weight excluding hydrogens is 442 g/mol. The number of Topliss-reactive ketones (excluding diaryl/α,β-unsaturated/α-hetero) is 1. The lowest BCUT2D eigenvalue weighted by Gasteiger charge is -2.34. The lowest BCUT2D eigenvalue weighted by atomic mass is 9.73. The van der Waals surface area contributed by atoms with Gasteiger partial charge in [0.25, 0.3) is 0 Å². The van der Waals surface area contributed by atoms with Gasteiger partial charge in [-0.05, 0) is 74.1 Å². The molecule has 2 N–H and O–H groups in total. The van der Waals surface area contributed by atoms with E-state index in [0.717, 1.165) is 48.9 Å². The van der Waals surface area contributed by atoms with E-state index < -0.39 is 29.5 Å². The van der Waals surface area contributed by atoms with Gasteiger partial charge in [-0.2, -0.15) is 0 Å². The Kier molecular flexibility index (Phi) is 8.92. The van der Waals surface area contributed by atoms with Gasteiger partial charge in [0.2, 0.25) is 0 Å². The maximum Gasteiger partial charge on any atom is 0.309 e. The van der Waals surface area contributed by atoms with Gasteiger partial charge in [0, 0.05) is 12.1 Å². The second-order valence-electron chi connectivity index (χ2n) is 11.6. The molecule has 6 nitrogen and oxygen atoms in total. The van der Waals surface area contributed by atoms with Crippen LogP contribution in [0.2, 0.25) is 0 Å². The van der Waals surface area contributed by atoms with Crippen molar-refractivity contribution >= 4 is 17.8 Å². The molecule has 0 amide bonds. The highest BCUT2D eigenvalue weighted by molar-refractivity contribution is 5.88. The van der Waals surface area contributed by atoms with Gasteiger partial charge >= 0.3 is 5.97 Å². The summed E-state index contributed by atoms with van der Waals surface area (Å²) in [6.07, 6.45) is 5.96. The third kappa shape index (κ3) is 7.01. The number of ketones is 1. The van der Waals surface area contributed by atoms with Gasteiger partial charge in [-0.1, -0.05) is 46.6 Å². The van der Waals surface area contributed by atoms with Crippen molar-refractivity contribution in [3.05, 3.63) is 35.2 Å². The fourth-order valence-electron chi connectivity index (χ4n) is 5.34. The number of carbonyl (C=O) groups excluding carboxylic acids is 2. The van der Waals surface area contributed by atoms with Crippen LogP contribution in [0.15, 0.2) is 23.9 Å². The number of aryl methyl sites for hydroxylation is 1. The van der Waals surface area contributed by atoms with Crippen molar-refractivity contribution in [1.82, 2.24) is 4.98 Å². The average molecular weight is 486 g/mol. The number of aliphatic hydroxyl groups is 2. The first-order chi connectivity index (χ1) is 16.4. The Bertz CT molecular complexity index is 922. The largest absolute Gasteiger partial charge is 0.458 e. The topological polar surface area (TPSA) is 96.7 Å². The molecule has 1 aromatic rings. The average Bonchev–Trinajstić information content (AvgIpc) is 3.55. The van der Waals surface area contributed by atoms with Crippen LogP contribution in [-0.4, -0.2) is 45.3 Å². The van der Waals surface area contributed by atoms with Gasteiger partial charge in [-0.15, -0.1) is 0 Å². The molecule has 1 saturated carbocycles. The molecule has 0 radical (unpaired) electrons. The Morgan fingerprint density at radius 3 is 2.49 bits per heavy atom. The standard InChI is InChI=1S/C29H43NO5/c1-17-10-11-23(30-16-17)12-19(3)24-14-22-13-21(22)9-7-8-18(2)27(33)20(4)28(34)29(5,6)25(31)15-26(32)35-24/h10-12,16,18,20-22,24-25,27,31,33H,7-9,13-15H2,1-6H3/b19-12+/t18-,20+,21+,22-,24?,25-,27-/m0/s1. The molecule has 1 aromatic heterocycles. The number of hydrogen-bond acceptors (Lipinski definition) is 6. The third-order valence-corrected chi connectivity index (χ3v) is 8.25. The highest BCUT2D eigenvalue weighted by Crippen LogP contribution is 2.47. The van der Waals surface area contributed by atoms with Crippen molar-refractivity contribution in [3.8, 4) is 0 Å². The molecule has 1 aliphatic heterocycles. The van der Waals surface area contributed by atoms with Crippen LogP contribution >= 0.6 is 0 Å². The van der Waals surface area contributed by atoms with Crippen molar-refractivity contribution in [2.75, 3.05) is 0 Å². The lowest BCUT2D eigenvalue weighted by Crippen LogP contribution is -2.45. The van der Waals surface area contributed by atoms with Crippen molar-refractivity contribution in [1.29, 1.82) is 0 Å². The minimum absolute atomic E-state index is 0.00287. The second-order valence-corrected chi connectivity index (χ2v) is 11.6. The number of rotatable bonds is 2. The van der Waals surface area contributed by atoms with Gasteiger partial charge in [0.1, 0.15) is 11.9 Å². The number of aliphatic hydroxyl groups excluding tert-OH is 2. The number of fused-ring (bicyclic) bond motifs is 1. The van der Waals surface area contributed by atoms with Crippen LogP contribution in [0.1, 0.15) is 84.4 Å². The summed E-state index contributed by atoms with van der Waals surface area (Å²) >= 11 is 0. The Labute approximate surface area is 210 Å². The first-order valence-corrected chi connectivity index (χ1v) is 13.1. The van der Waals surface area contributed by atoms with E-state index in [1.165, 1.54) is 0 Å². The highest BCUT2D eigenvalue weighted by atomic mass is 16.5. The molecule has 194 valence electrons. The van der Waals surface area contributed by atoms with E-state index in [9.17, 15) is 19.8 Å². The number of ether oxygens (including phenoxy) is 1. The minimum Gasteiger partial charge on any atom is -0.458 e. The summed E-state index contributed by atoms with van der Waals surface area (Å²) in [7, 11) is 0. The van der Waals surface area contributed by atoms with E-state index in [-0.39, 0.29) is 24.2 Å². The summed E-state index contributed by atoms with van der Waals surface area (Å²) in [4.78, 5) is 30.6. The Morgan fingerprint density at radius 2 is 1.83 bits per heavy atom. The molecule has 2 heterocycles. The van der Waals surface area contributed by atoms with Gasteiger partial charge in [-0.25, -0.2) is 0 Å². The summed E-state index contributed by atoms with van der Waals surface area (Å²) in [6.45, 7) is 11.0. The summed E-state index contributed by atoms with van der Waals surface area (Å²) in [5, 5.41) is 21.7. The molecule has 7 atom stereocenters. The number of esters is 1. The van der Waals surface area contributed by atoms with Crippen LogP contribution in [0.3, 0.4) is 0 Å². The van der Waals surface area contributed by atoms with E-state index in [2.05, 4.69) is 4.98 Å². The zero-order valence-electron chi connectivity index (χ0n) is 22.2. The number of nitrogens with zero attached hydrogens (tertiary/aromatic N) is 1. The highest BCUT2D eigenvalue weighted by Gasteiger charge is 2.43. The van der Waals surface area contributed by atoms with E-state index in [1.54, 1.807) is 20.8 Å². The first-order valence-electron chi connectivity index (χ1n) is 13.1. The van der Waals surface area contributed by atoms with Gasteiger partial charge in [0.05, 0.1) is 29.7 Å². The fourth-order valence-corrected chi connectivity index (χ4v) is 5.34. The van der Waals surface area contributed by atoms with Gasteiger partial charge < -0.3 is 14.9 Å². The maximum absolute atomic E-state index is 13.2. The van der Waals surface area contributed by atoms with Crippen molar-refractivity contribution in [2.24, 2.45) is 29.1 Å². The third-order valence-electron chi connectivity index (χ3n) is 8.25. The van der Waals surface area contributed by atoms with Gasteiger partial charge in [-0.3, -0.25) is 14.6 Å². The maximum atomic E-state index is 13.2. The molecule has 0 spiro atoms. The van der Waals surface area contributed by atoms with Crippen LogP contribution in [0.25, 0.3) is 6.08 Å². The Morgan fingerprint density at radius 1 is 1.11 bits per heavy atom. The van der Waals surface area contributed by atoms with E-state index in [1.807, 2.05) is 45.2 Å². The smallest absolute Gasteiger partial charge is 0.309 e. The zero-order chi connectivity index (χ0) is 25.9. The van der Waals surface area contributed by atoms with E-state index in [4.69, 9.17) is 4.74 Å².